The highest BCUT2D eigenvalue weighted by Gasteiger charge is 2.45. The van der Waals surface area contributed by atoms with Gasteiger partial charge < -0.3 is 18.3 Å². The molecule has 3 heterocycles. The number of benzene rings is 1. The number of rotatable bonds is 6. The van der Waals surface area contributed by atoms with Gasteiger partial charge in [0.25, 0.3) is 5.91 Å². The summed E-state index contributed by atoms with van der Waals surface area (Å²) in [6.45, 7) is -0.154. The van der Waals surface area contributed by atoms with Gasteiger partial charge in [-0.2, -0.15) is 5.10 Å². The lowest BCUT2D eigenvalue weighted by Crippen LogP contribution is -2.34. The highest BCUT2D eigenvalue weighted by atomic mass is 16.5. The molecule has 2 unspecified atom stereocenters. The minimum absolute atomic E-state index is 0.0614. The van der Waals surface area contributed by atoms with Crippen LogP contribution in [0.5, 0.6) is 11.5 Å². The van der Waals surface area contributed by atoms with Crippen LogP contribution in [-0.4, -0.2) is 30.3 Å². The van der Waals surface area contributed by atoms with E-state index in [9.17, 15) is 4.79 Å². The maximum Gasteiger partial charge on any atom is 0.281 e. The summed E-state index contributed by atoms with van der Waals surface area (Å²) in [5, 5.41) is 6.31. The predicted octanol–water partition coefficient (Wildman–Crippen LogP) is 5.08. The molecule has 0 N–H and O–H groups in total. The van der Waals surface area contributed by atoms with Gasteiger partial charge >= 0.3 is 0 Å². The Morgan fingerprint density at radius 1 is 1.12 bits per heavy atom. The van der Waals surface area contributed by atoms with Crippen molar-refractivity contribution in [2.75, 3.05) is 13.7 Å². The van der Waals surface area contributed by atoms with E-state index in [4.69, 9.17) is 23.4 Å². The summed E-state index contributed by atoms with van der Waals surface area (Å²) in [6.07, 6.45) is 8.12. The van der Waals surface area contributed by atoms with Crippen molar-refractivity contribution in [3.05, 3.63) is 78.2 Å². The molecule has 0 saturated heterocycles. The molecule has 32 heavy (non-hydrogen) atoms. The van der Waals surface area contributed by atoms with Crippen LogP contribution in [0, 0.1) is 5.92 Å². The molecule has 1 aliphatic heterocycles. The minimum Gasteiger partial charge on any atom is -0.493 e. The standard InChI is InChI=1S/C25H24N2O5/c1-29-20-10-2-3-11-21(20)32-16-23(28)27-25(22-12-6-14-31-22)19-9-4-7-17(24(19)26-27)15-18-8-5-13-30-18/h2-3,5-6,8,10-15,19,25H,4,7,9,16H2,1H3. The third-order valence-corrected chi connectivity index (χ3v) is 5.87. The summed E-state index contributed by atoms with van der Waals surface area (Å²) in [5.74, 6) is 2.41. The van der Waals surface area contributed by atoms with Crippen molar-refractivity contribution >= 4 is 17.7 Å². The molecule has 1 fully saturated rings. The number of carbonyl (C=O) groups excluding carboxylic acids is 1. The monoisotopic (exact) mass is 432 g/mol. The second-order valence-electron chi connectivity index (χ2n) is 7.81. The fraction of sp³-hybridized carbons (Fsp3) is 0.280. The van der Waals surface area contributed by atoms with Gasteiger partial charge in [0.05, 0.1) is 25.3 Å². The highest BCUT2D eigenvalue weighted by molar-refractivity contribution is 6.08. The van der Waals surface area contributed by atoms with Crippen molar-refractivity contribution in [3.8, 4) is 11.5 Å². The molecule has 2 atom stereocenters. The SMILES string of the molecule is COc1ccccc1OCC(=O)N1N=C2C(=Cc3ccco3)CCCC2C1c1ccco1. The van der Waals surface area contributed by atoms with Gasteiger partial charge in [-0.25, -0.2) is 5.01 Å². The molecule has 7 heteroatoms. The van der Waals surface area contributed by atoms with Crippen molar-refractivity contribution in [1.82, 2.24) is 5.01 Å². The number of nitrogens with zero attached hydrogens (tertiary/aromatic N) is 2. The van der Waals surface area contributed by atoms with Crippen LogP contribution in [-0.2, 0) is 4.79 Å². The van der Waals surface area contributed by atoms with Crippen molar-refractivity contribution < 1.29 is 23.1 Å². The van der Waals surface area contributed by atoms with E-state index in [1.165, 1.54) is 5.01 Å². The number of fused-ring (bicyclic) bond motifs is 1. The zero-order valence-electron chi connectivity index (χ0n) is 17.8. The summed E-state index contributed by atoms with van der Waals surface area (Å²) >= 11 is 0. The molecule has 1 aromatic carbocycles. The number of furan rings is 2. The Morgan fingerprint density at radius 3 is 2.69 bits per heavy atom. The van der Waals surface area contributed by atoms with Crippen LogP contribution in [0.15, 0.2) is 80.6 Å². The second-order valence-corrected chi connectivity index (χ2v) is 7.81. The number of methoxy groups -OCH3 is 1. The van der Waals surface area contributed by atoms with Gasteiger partial charge in [0.15, 0.2) is 18.1 Å². The smallest absolute Gasteiger partial charge is 0.281 e. The average Bonchev–Trinajstić information content (AvgIpc) is 3.58. The van der Waals surface area contributed by atoms with Crippen molar-refractivity contribution in [2.45, 2.75) is 25.3 Å². The summed E-state index contributed by atoms with van der Waals surface area (Å²) < 4.78 is 22.3. The minimum atomic E-state index is -0.297. The van der Waals surface area contributed by atoms with Crippen LogP contribution in [0.1, 0.15) is 36.8 Å². The number of carbonyl (C=O) groups is 1. The Morgan fingerprint density at radius 2 is 1.94 bits per heavy atom. The number of hydrazone groups is 1. The Balaban J connectivity index is 1.43. The Bertz CT molecular complexity index is 1130. The third kappa shape index (κ3) is 3.82. The van der Waals surface area contributed by atoms with Crippen LogP contribution in [0.2, 0.25) is 0 Å². The second kappa shape index (κ2) is 8.78. The molecule has 3 aromatic rings. The van der Waals surface area contributed by atoms with E-state index in [-0.39, 0.29) is 24.5 Å². The first-order chi connectivity index (χ1) is 15.7. The van der Waals surface area contributed by atoms with Crippen molar-refractivity contribution in [2.24, 2.45) is 11.0 Å². The lowest BCUT2D eigenvalue weighted by atomic mass is 9.79. The number of hydrogen-bond acceptors (Lipinski definition) is 6. The van der Waals surface area contributed by atoms with Gasteiger partial charge in [-0.15, -0.1) is 0 Å². The molecule has 1 saturated carbocycles. The molecule has 2 aromatic heterocycles. The maximum atomic E-state index is 13.3. The molecule has 5 rings (SSSR count). The highest BCUT2D eigenvalue weighted by Crippen LogP contribution is 2.44. The summed E-state index contributed by atoms with van der Waals surface area (Å²) in [6, 6.07) is 14.5. The number of hydrogen-bond donors (Lipinski definition) is 0. The van der Waals surface area contributed by atoms with Crippen LogP contribution >= 0.6 is 0 Å². The summed E-state index contributed by atoms with van der Waals surface area (Å²) in [4.78, 5) is 13.3. The van der Waals surface area contributed by atoms with E-state index in [2.05, 4.69) is 0 Å². The van der Waals surface area contributed by atoms with Gasteiger partial charge in [0.2, 0.25) is 0 Å². The number of para-hydroxylation sites is 2. The van der Waals surface area contributed by atoms with E-state index in [1.54, 1.807) is 31.8 Å². The molecule has 1 aliphatic carbocycles. The van der Waals surface area contributed by atoms with Crippen LogP contribution in [0.3, 0.4) is 0 Å². The quantitative estimate of drug-likeness (QED) is 0.543. The van der Waals surface area contributed by atoms with E-state index in [0.717, 1.165) is 42.1 Å². The molecular weight excluding hydrogens is 408 g/mol. The van der Waals surface area contributed by atoms with Gasteiger partial charge in [-0.05, 0) is 67.3 Å². The molecule has 164 valence electrons. The van der Waals surface area contributed by atoms with E-state index in [1.807, 2.05) is 42.5 Å². The van der Waals surface area contributed by atoms with Crippen molar-refractivity contribution in [1.29, 1.82) is 0 Å². The first kappa shape index (κ1) is 20.2. The van der Waals surface area contributed by atoms with Crippen LogP contribution in [0.4, 0.5) is 0 Å². The largest absolute Gasteiger partial charge is 0.493 e. The van der Waals surface area contributed by atoms with E-state index < -0.39 is 0 Å². The average molecular weight is 432 g/mol. The predicted molar refractivity (Wildman–Crippen MR) is 118 cm³/mol. The first-order valence-corrected chi connectivity index (χ1v) is 10.7. The zero-order valence-corrected chi connectivity index (χ0v) is 17.8. The van der Waals surface area contributed by atoms with Crippen LogP contribution < -0.4 is 9.47 Å². The van der Waals surface area contributed by atoms with Gasteiger partial charge in [-0.3, -0.25) is 4.79 Å². The molecule has 0 radical (unpaired) electrons. The lowest BCUT2D eigenvalue weighted by Gasteiger charge is -2.27. The Labute approximate surface area is 185 Å². The topological polar surface area (TPSA) is 77.4 Å². The number of allylic oxidation sites excluding steroid dienone is 1. The van der Waals surface area contributed by atoms with E-state index in [0.29, 0.717) is 11.5 Å². The lowest BCUT2D eigenvalue weighted by molar-refractivity contribution is -0.136. The number of amides is 1. The molecule has 0 bridgehead atoms. The fourth-order valence-corrected chi connectivity index (χ4v) is 4.43. The maximum absolute atomic E-state index is 13.3. The van der Waals surface area contributed by atoms with Crippen molar-refractivity contribution in [3.63, 3.8) is 0 Å². The molecule has 2 aliphatic rings. The normalized spacial score (nSPS) is 21.3. The van der Waals surface area contributed by atoms with Gasteiger partial charge in [0.1, 0.15) is 17.6 Å². The summed E-state index contributed by atoms with van der Waals surface area (Å²) in [5.41, 5.74) is 2.01. The fourth-order valence-electron chi connectivity index (χ4n) is 4.43. The zero-order chi connectivity index (χ0) is 21.9. The van der Waals surface area contributed by atoms with Crippen LogP contribution in [0.25, 0.3) is 6.08 Å². The van der Waals surface area contributed by atoms with Gasteiger partial charge in [-0.1, -0.05) is 12.1 Å². The molecule has 0 spiro atoms. The van der Waals surface area contributed by atoms with E-state index >= 15 is 0 Å². The molecule has 1 amide bonds. The molecular formula is C25H24N2O5. The number of ether oxygens (including phenoxy) is 2. The first-order valence-electron chi connectivity index (χ1n) is 10.7. The Hall–Kier alpha value is -3.74. The molecule has 7 nitrogen and oxygen atoms in total. The summed E-state index contributed by atoms with van der Waals surface area (Å²) in [7, 11) is 1.57. The Kier molecular flexibility index (Phi) is 5.54. The third-order valence-electron chi connectivity index (χ3n) is 5.87. The van der Waals surface area contributed by atoms with Gasteiger partial charge in [0, 0.05) is 5.92 Å².